The van der Waals surface area contributed by atoms with Crippen LogP contribution in [0.5, 0.6) is 5.75 Å². The normalized spacial score (nSPS) is 14.8. The van der Waals surface area contributed by atoms with Gasteiger partial charge in [-0.3, -0.25) is 0 Å². The number of amides is 2. The van der Waals surface area contributed by atoms with Crippen LogP contribution < -0.4 is 15.0 Å². The first-order valence-corrected chi connectivity index (χ1v) is 14.1. The van der Waals surface area contributed by atoms with E-state index in [9.17, 15) is 22.4 Å². The monoisotopic (exact) mass is 610 g/mol. The number of nitrogens with zero attached hydrogens (tertiary/aromatic N) is 5. The van der Waals surface area contributed by atoms with Gasteiger partial charge in [-0.05, 0) is 56.2 Å². The number of hydrogen-bond donors (Lipinski definition) is 1. The Bertz CT molecular complexity index is 1680. The van der Waals surface area contributed by atoms with Crippen LogP contribution in [0.15, 0.2) is 78.2 Å². The van der Waals surface area contributed by atoms with Gasteiger partial charge in [0.05, 0.1) is 5.69 Å². The fourth-order valence-corrected chi connectivity index (χ4v) is 5.67. The molecular weight excluding hydrogens is 584 g/mol. The molecule has 1 N–H and O–H groups in total. The van der Waals surface area contributed by atoms with Gasteiger partial charge in [-0.15, -0.1) is 18.3 Å². The highest BCUT2D eigenvalue weighted by molar-refractivity contribution is 8.14. The number of benzene rings is 3. The summed E-state index contributed by atoms with van der Waals surface area (Å²) in [5.74, 6) is 0.0954. The molecule has 3 aromatic carbocycles. The van der Waals surface area contributed by atoms with E-state index in [1.807, 2.05) is 25.7 Å². The first-order valence-electron chi connectivity index (χ1n) is 13.1. The minimum Gasteiger partial charge on any atom is -0.406 e. The van der Waals surface area contributed by atoms with Gasteiger partial charge in [-0.2, -0.15) is 4.99 Å². The van der Waals surface area contributed by atoms with Crippen molar-refractivity contribution < 1.29 is 27.1 Å². The number of rotatable bonds is 6. The molecule has 1 aliphatic rings. The van der Waals surface area contributed by atoms with E-state index >= 15 is 0 Å². The molecule has 13 heteroatoms. The largest absolute Gasteiger partial charge is 0.573 e. The Hall–Kier alpha value is -4.65. The molecule has 1 saturated heterocycles. The Labute approximate surface area is 249 Å². The van der Waals surface area contributed by atoms with Crippen LogP contribution >= 0.6 is 11.8 Å². The van der Waals surface area contributed by atoms with Gasteiger partial charge in [0.25, 0.3) is 0 Å². The summed E-state index contributed by atoms with van der Waals surface area (Å²) in [6.07, 6.45) is -2.40. The third kappa shape index (κ3) is 7.23. The van der Waals surface area contributed by atoms with Crippen LogP contribution in [0.1, 0.15) is 22.3 Å². The molecule has 0 spiro atoms. The summed E-state index contributed by atoms with van der Waals surface area (Å²) in [5, 5.41) is 7.30. The first-order chi connectivity index (χ1) is 20.5. The molecule has 5 rings (SSSR count). The summed E-state index contributed by atoms with van der Waals surface area (Å²) in [4.78, 5) is 23.0. The quantitative estimate of drug-likeness (QED) is 0.230. The van der Waals surface area contributed by atoms with Gasteiger partial charge >= 0.3 is 12.4 Å². The predicted molar refractivity (Wildman–Crippen MR) is 159 cm³/mol. The van der Waals surface area contributed by atoms with E-state index in [2.05, 4.69) is 37.3 Å². The van der Waals surface area contributed by atoms with E-state index in [4.69, 9.17) is 0 Å². The van der Waals surface area contributed by atoms with Crippen LogP contribution in [-0.2, 0) is 0 Å². The van der Waals surface area contributed by atoms with Crippen LogP contribution in [0.4, 0.5) is 28.0 Å². The Morgan fingerprint density at radius 3 is 2.37 bits per heavy atom. The highest BCUT2D eigenvalue weighted by Crippen LogP contribution is 2.32. The molecule has 0 radical (unpaired) electrons. The van der Waals surface area contributed by atoms with Gasteiger partial charge in [0.1, 0.15) is 17.9 Å². The molecule has 8 nitrogen and oxygen atoms in total. The number of alkyl halides is 3. The number of aryl methyl sites for hydroxylation is 3. The Balaban J connectivity index is 1.23. The van der Waals surface area contributed by atoms with E-state index in [0.717, 1.165) is 34.3 Å². The molecule has 2 heterocycles. The molecule has 1 aromatic heterocycles. The first kappa shape index (κ1) is 29.8. The number of halogens is 4. The molecule has 1 fully saturated rings. The SMILES string of the molecule is Cc1cc(C)c(N2CCSC2=NC(=O)N/C=C(\F)c2ccc(-c3ncn(-c4ccc(OC(F)(F)F)cc4)n3)cc2)c(C)c1. The summed E-state index contributed by atoms with van der Waals surface area (Å²) >= 11 is 1.47. The average Bonchev–Trinajstić information content (AvgIpc) is 3.61. The van der Waals surface area contributed by atoms with Crippen molar-refractivity contribution in [1.29, 1.82) is 0 Å². The van der Waals surface area contributed by atoms with Gasteiger partial charge in [0, 0.05) is 35.3 Å². The van der Waals surface area contributed by atoms with Gasteiger partial charge in [0.15, 0.2) is 11.0 Å². The lowest BCUT2D eigenvalue weighted by atomic mass is 10.0. The Morgan fingerprint density at radius 2 is 1.72 bits per heavy atom. The van der Waals surface area contributed by atoms with Gasteiger partial charge in [-0.25, -0.2) is 18.9 Å². The second-order valence-electron chi connectivity index (χ2n) is 9.72. The maximum atomic E-state index is 14.9. The van der Waals surface area contributed by atoms with Crippen LogP contribution in [-0.4, -0.2) is 44.6 Å². The van der Waals surface area contributed by atoms with Crippen LogP contribution in [0.3, 0.4) is 0 Å². The number of carbonyl (C=O) groups is 1. The zero-order valence-corrected chi connectivity index (χ0v) is 24.1. The summed E-state index contributed by atoms with van der Waals surface area (Å²) in [6.45, 7) is 6.81. The number of hydrogen-bond acceptors (Lipinski definition) is 5. The lowest BCUT2D eigenvalue weighted by Gasteiger charge is -2.23. The number of nitrogens with one attached hydrogen (secondary N) is 1. The molecule has 1 aliphatic heterocycles. The third-order valence-electron chi connectivity index (χ3n) is 6.45. The summed E-state index contributed by atoms with van der Waals surface area (Å²) < 4.78 is 57.3. The number of anilines is 1. The number of ether oxygens (including phenoxy) is 1. The highest BCUT2D eigenvalue weighted by Gasteiger charge is 2.31. The van der Waals surface area contributed by atoms with E-state index < -0.39 is 18.2 Å². The zero-order valence-electron chi connectivity index (χ0n) is 23.3. The fraction of sp³-hybridized carbons (Fsp3) is 0.200. The van der Waals surface area contributed by atoms with Crippen molar-refractivity contribution >= 4 is 34.5 Å². The van der Waals surface area contributed by atoms with Crippen molar-refractivity contribution in [2.24, 2.45) is 4.99 Å². The third-order valence-corrected chi connectivity index (χ3v) is 7.40. The molecular formula is C30H26F4N6O2S. The van der Waals surface area contributed by atoms with Crippen LogP contribution in [0.2, 0.25) is 0 Å². The van der Waals surface area contributed by atoms with Crippen molar-refractivity contribution in [1.82, 2.24) is 20.1 Å². The van der Waals surface area contributed by atoms with Crippen molar-refractivity contribution in [3.05, 3.63) is 95.4 Å². The second-order valence-corrected chi connectivity index (χ2v) is 10.8. The predicted octanol–water partition coefficient (Wildman–Crippen LogP) is 7.35. The molecule has 4 aromatic rings. The highest BCUT2D eigenvalue weighted by atomic mass is 32.2. The molecule has 0 unspecified atom stereocenters. The number of aromatic nitrogens is 3. The number of aliphatic imine (C=N–C) groups is 1. The van der Waals surface area contributed by atoms with Gasteiger partial charge in [0.2, 0.25) is 0 Å². The standard InChI is InChI=1S/C30H26F4N6O2S/c1-18-14-19(2)26(20(3)15-18)39-12-13-43-29(39)37-28(41)35-16-25(31)21-4-6-22(7-5-21)27-36-17-40(38-27)23-8-10-24(11-9-23)42-30(32,33)34/h4-11,14-17H,12-13H2,1-3H3,(H,35,41)/b25-16-,37-29?. The van der Waals surface area contributed by atoms with E-state index in [1.54, 1.807) is 12.1 Å². The average molecular weight is 611 g/mol. The lowest BCUT2D eigenvalue weighted by Crippen LogP contribution is -2.27. The maximum absolute atomic E-state index is 14.9. The van der Waals surface area contributed by atoms with Gasteiger partial charge in [-0.1, -0.05) is 53.7 Å². The smallest absolute Gasteiger partial charge is 0.406 e. The zero-order chi connectivity index (χ0) is 30.7. The molecule has 43 heavy (non-hydrogen) atoms. The van der Waals surface area contributed by atoms with Crippen LogP contribution in [0, 0.1) is 20.8 Å². The maximum Gasteiger partial charge on any atom is 0.573 e. The summed E-state index contributed by atoms with van der Waals surface area (Å²) in [7, 11) is 0. The summed E-state index contributed by atoms with van der Waals surface area (Å²) in [6, 6.07) is 14.9. The summed E-state index contributed by atoms with van der Waals surface area (Å²) in [5.41, 5.74) is 5.66. The number of carbonyl (C=O) groups excluding carboxylic acids is 1. The second kappa shape index (κ2) is 12.3. The Morgan fingerprint density at radius 1 is 1.05 bits per heavy atom. The van der Waals surface area contributed by atoms with Crippen LogP contribution in [0.25, 0.3) is 22.9 Å². The molecule has 0 atom stereocenters. The number of thioether (sulfide) groups is 1. The van der Waals surface area contributed by atoms with Gasteiger partial charge < -0.3 is 15.0 Å². The number of amidine groups is 1. The molecule has 2 amide bonds. The van der Waals surface area contributed by atoms with Crippen molar-refractivity contribution in [2.75, 3.05) is 17.2 Å². The van der Waals surface area contributed by atoms with E-state index in [0.29, 0.717) is 28.8 Å². The van der Waals surface area contributed by atoms with Crippen molar-refractivity contribution in [2.45, 2.75) is 27.1 Å². The number of urea groups is 1. The lowest BCUT2D eigenvalue weighted by molar-refractivity contribution is -0.274. The molecule has 0 aliphatic carbocycles. The van der Waals surface area contributed by atoms with E-state index in [1.165, 1.54) is 59.2 Å². The Kier molecular flexibility index (Phi) is 8.53. The minimum absolute atomic E-state index is 0.221. The molecule has 0 saturated carbocycles. The topological polar surface area (TPSA) is 84.6 Å². The molecule has 0 bridgehead atoms. The van der Waals surface area contributed by atoms with Crippen molar-refractivity contribution in [3.8, 4) is 22.8 Å². The molecule has 222 valence electrons. The van der Waals surface area contributed by atoms with E-state index in [-0.39, 0.29) is 11.3 Å². The minimum atomic E-state index is -4.78. The van der Waals surface area contributed by atoms with Crippen molar-refractivity contribution in [3.63, 3.8) is 0 Å². The fourth-order valence-electron chi connectivity index (χ4n) is 4.73.